The van der Waals surface area contributed by atoms with E-state index in [1.807, 2.05) is 11.3 Å². The lowest BCUT2D eigenvalue weighted by Gasteiger charge is -2.26. The normalized spacial score (nSPS) is 11.4. The van der Waals surface area contributed by atoms with Crippen LogP contribution < -0.4 is 4.90 Å². The molecule has 1 aromatic heterocycles. The van der Waals surface area contributed by atoms with Crippen LogP contribution >= 0.6 is 11.3 Å². The van der Waals surface area contributed by atoms with Crippen LogP contribution in [-0.2, 0) is 0 Å². The SMILES string of the molecule is c1ccc(-c2c(-c3ccccc3)c3cc(-c4ccc(N(c5ccccc5)c5cccc(-c6cccc7c6sc6ccccc67)c5)cc4)ccc3c3ccccc23)cc1. The van der Waals surface area contributed by atoms with Gasteiger partial charge >= 0.3 is 0 Å². The van der Waals surface area contributed by atoms with E-state index >= 15 is 0 Å². The third-order valence-corrected chi connectivity index (χ3v) is 12.7. The highest BCUT2D eigenvalue weighted by Crippen LogP contribution is 2.46. The summed E-state index contributed by atoms with van der Waals surface area (Å²) in [5, 5.41) is 7.68. The maximum Gasteiger partial charge on any atom is 0.0467 e. The van der Waals surface area contributed by atoms with Crippen molar-refractivity contribution in [2.45, 2.75) is 0 Å². The van der Waals surface area contributed by atoms with Crippen LogP contribution in [-0.4, -0.2) is 0 Å². The molecular weight excluding hydrogens is 719 g/mol. The zero-order valence-corrected chi connectivity index (χ0v) is 32.5. The van der Waals surface area contributed by atoms with E-state index in [1.165, 1.54) is 86.2 Å². The summed E-state index contributed by atoms with van der Waals surface area (Å²) in [6.07, 6.45) is 0. The molecule has 1 nitrogen and oxygen atoms in total. The Balaban J connectivity index is 1.04. The Morgan fingerprint density at radius 3 is 1.53 bits per heavy atom. The van der Waals surface area contributed by atoms with E-state index in [0.29, 0.717) is 0 Å². The highest BCUT2D eigenvalue weighted by molar-refractivity contribution is 7.26. The monoisotopic (exact) mass is 755 g/mol. The van der Waals surface area contributed by atoms with Crippen molar-refractivity contribution < 1.29 is 0 Å². The smallest absolute Gasteiger partial charge is 0.0467 e. The summed E-state index contributed by atoms with van der Waals surface area (Å²) in [6, 6.07) is 81.8. The predicted molar refractivity (Wildman–Crippen MR) is 251 cm³/mol. The summed E-state index contributed by atoms with van der Waals surface area (Å²) in [5.41, 5.74) is 13.2. The van der Waals surface area contributed by atoms with Gasteiger partial charge in [0.2, 0.25) is 0 Å². The molecule has 0 bridgehead atoms. The van der Waals surface area contributed by atoms with Gasteiger partial charge in [-0.05, 0) is 115 Å². The quantitative estimate of drug-likeness (QED) is 0.146. The van der Waals surface area contributed by atoms with Crippen molar-refractivity contribution >= 4 is 70.1 Å². The van der Waals surface area contributed by atoms with Gasteiger partial charge in [-0.1, -0.05) is 176 Å². The molecule has 58 heavy (non-hydrogen) atoms. The van der Waals surface area contributed by atoms with E-state index in [1.54, 1.807) is 0 Å². The van der Waals surface area contributed by atoms with Gasteiger partial charge in [-0.3, -0.25) is 0 Å². The molecule has 11 rings (SSSR count). The fourth-order valence-electron chi connectivity index (χ4n) is 8.79. The molecule has 0 radical (unpaired) electrons. The summed E-state index contributed by atoms with van der Waals surface area (Å²) in [6.45, 7) is 0. The van der Waals surface area contributed by atoms with Gasteiger partial charge in [-0.2, -0.15) is 0 Å². The lowest BCUT2D eigenvalue weighted by Crippen LogP contribution is -2.09. The highest BCUT2D eigenvalue weighted by atomic mass is 32.1. The first kappa shape index (κ1) is 34.0. The van der Waals surface area contributed by atoms with Crippen molar-refractivity contribution in [3.05, 3.63) is 224 Å². The lowest BCUT2D eigenvalue weighted by molar-refractivity contribution is 1.28. The Morgan fingerprint density at radius 2 is 0.793 bits per heavy atom. The molecular formula is C56H37NS. The molecule has 0 atom stereocenters. The molecule has 0 spiro atoms. The van der Waals surface area contributed by atoms with Crippen LogP contribution in [0, 0.1) is 0 Å². The van der Waals surface area contributed by atoms with Crippen molar-refractivity contribution in [1.82, 2.24) is 0 Å². The van der Waals surface area contributed by atoms with Gasteiger partial charge in [-0.25, -0.2) is 0 Å². The second kappa shape index (κ2) is 14.4. The highest BCUT2D eigenvalue weighted by Gasteiger charge is 2.19. The van der Waals surface area contributed by atoms with Crippen molar-refractivity contribution in [1.29, 1.82) is 0 Å². The van der Waals surface area contributed by atoms with E-state index < -0.39 is 0 Å². The van der Waals surface area contributed by atoms with Crippen LogP contribution in [0.2, 0.25) is 0 Å². The van der Waals surface area contributed by atoms with Gasteiger partial charge in [0, 0.05) is 37.2 Å². The molecule has 0 fully saturated rings. The van der Waals surface area contributed by atoms with Crippen LogP contribution in [0.15, 0.2) is 224 Å². The molecule has 11 aromatic rings. The van der Waals surface area contributed by atoms with Crippen LogP contribution in [0.5, 0.6) is 0 Å². The second-order valence-corrected chi connectivity index (χ2v) is 15.9. The average Bonchev–Trinajstić information content (AvgIpc) is 3.69. The van der Waals surface area contributed by atoms with E-state index in [0.717, 1.165) is 17.1 Å². The van der Waals surface area contributed by atoms with E-state index in [2.05, 4.69) is 229 Å². The number of fused-ring (bicyclic) bond motifs is 6. The molecule has 0 amide bonds. The molecule has 0 aliphatic rings. The van der Waals surface area contributed by atoms with E-state index in [9.17, 15) is 0 Å². The summed E-state index contributed by atoms with van der Waals surface area (Å²) in [4.78, 5) is 2.37. The maximum absolute atomic E-state index is 2.40. The minimum absolute atomic E-state index is 1.11. The number of para-hydroxylation sites is 1. The predicted octanol–water partition coefficient (Wildman–Crippen LogP) is 16.5. The zero-order valence-electron chi connectivity index (χ0n) is 31.7. The maximum atomic E-state index is 2.40. The number of rotatable bonds is 7. The summed E-state index contributed by atoms with van der Waals surface area (Å²) in [5.74, 6) is 0. The Kier molecular flexibility index (Phi) is 8.42. The average molecular weight is 756 g/mol. The minimum atomic E-state index is 1.11. The first-order valence-corrected chi connectivity index (χ1v) is 20.7. The number of benzene rings is 10. The summed E-state index contributed by atoms with van der Waals surface area (Å²) in [7, 11) is 0. The van der Waals surface area contributed by atoms with E-state index in [-0.39, 0.29) is 0 Å². The van der Waals surface area contributed by atoms with Crippen molar-refractivity contribution in [2.24, 2.45) is 0 Å². The van der Waals surface area contributed by atoms with Crippen molar-refractivity contribution in [3.8, 4) is 44.5 Å². The fourth-order valence-corrected chi connectivity index (χ4v) is 10.0. The largest absolute Gasteiger partial charge is 0.310 e. The number of anilines is 3. The van der Waals surface area contributed by atoms with Gasteiger partial charge in [0.1, 0.15) is 0 Å². The van der Waals surface area contributed by atoms with Crippen LogP contribution in [0.4, 0.5) is 17.1 Å². The lowest BCUT2D eigenvalue weighted by atomic mass is 9.84. The Hall–Kier alpha value is -7.26. The molecule has 0 aliphatic heterocycles. The Morgan fingerprint density at radius 1 is 0.276 bits per heavy atom. The van der Waals surface area contributed by atoms with Crippen LogP contribution in [0.1, 0.15) is 0 Å². The molecule has 0 saturated heterocycles. The van der Waals surface area contributed by atoms with Gasteiger partial charge < -0.3 is 4.90 Å². The Labute approximate surface area is 342 Å². The molecule has 0 aliphatic carbocycles. The van der Waals surface area contributed by atoms with Gasteiger partial charge in [0.15, 0.2) is 0 Å². The molecule has 10 aromatic carbocycles. The number of hydrogen-bond acceptors (Lipinski definition) is 2. The zero-order chi connectivity index (χ0) is 38.4. The topological polar surface area (TPSA) is 3.24 Å². The third-order valence-electron chi connectivity index (χ3n) is 11.4. The Bertz CT molecular complexity index is 3260. The third kappa shape index (κ3) is 5.86. The molecule has 0 N–H and O–H groups in total. The number of nitrogens with zero attached hydrogens (tertiary/aromatic N) is 1. The first-order chi connectivity index (χ1) is 28.8. The fraction of sp³-hybridized carbons (Fsp3) is 0. The molecule has 0 unspecified atom stereocenters. The van der Waals surface area contributed by atoms with Crippen molar-refractivity contribution in [2.75, 3.05) is 4.90 Å². The second-order valence-electron chi connectivity index (χ2n) is 14.8. The summed E-state index contributed by atoms with van der Waals surface area (Å²) >= 11 is 1.88. The molecule has 2 heteroatoms. The number of thiophene rings is 1. The van der Waals surface area contributed by atoms with Crippen LogP contribution in [0.3, 0.4) is 0 Å². The molecule has 1 heterocycles. The van der Waals surface area contributed by atoms with Gasteiger partial charge in [0.05, 0.1) is 0 Å². The van der Waals surface area contributed by atoms with Gasteiger partial charge in [-0.15, -0.1) is 11.3 Å². The van der Waals surface area contributed by atoms with Crippen molar-refractivity contribution in [3.63, 3.8) is 0 Å². The van der Waals surface area contributed by atoms with Crippen LogP contribution in [0.25, 0.3) is 86.2 Å². The standard InChI is InChI=1S/C56H37NS/c1-4-16-39(17-5-1)54-50-26-11-10-24-47(50)48-35-32-41(37-52(48)55(54)40-18-6-2-7-19-40)38-30-33-44(34-31-38)57(43-21-8-3-9-22-43)45-23-14-20-42(36-45)46-27-15-28-51-49-25-12-13-29-53(49)58-56(46)51/h1-37H. The molecule has 272 valence electrons. The first-order valence-electron chi connectivity index (χ1n) is 19.8. The van der Waals surface area contributed by atoms with Gasteiger partial charge in [0.25, 0.3) is 0 Å². The number of hydrogen-bond donors (Lipinski definition) is 0. The summed E-state index contributed by atoms with van der Waals surface area (Å²) < 4.78 is 2.64. The minimum Gasteiger partial charge on any atom is -0.310 e. The van der Waals surface area contributed by atoms with E-state index in [4.69, 9.17) is 0 Å². The molecule has 0 saturated carbocycles.